The zero-order chi connectivity index (χ0) is 19.7. The van der Waals surface area contributed by atoms with Crippen molar-refractivity contribution >= 4 is 5.91 Å². The molecule has 140 valence electrons. The van der Waals surface area contributed by atoms with Crippen LogP contribution < -0.4 is 0 Å². The molecular formula is C20H18N6O2. The molecule has 8 heteroatoms. The fraction of sp³-hybridized carbons (Fsp3) is 0.350. The third-order valence-electron chi connectivity index (χ3n) is 5.27. The molecule has 0 spiro atoms. The van der Waals surface area contributed by atoms with Gasteiger partial charge in [0.1, 0.15) is 17.5 Å². The van der Waals surface area contributed by atoms with Crippen molar-refractivity contribution in [1.29, 1.82) is 10.5 Å². The van der Waals surface area contributed by atoms with E-state index in [1.165, 1.54) is 0 Å². The van der Waals surface area contributed by atoms with E-state index >= 15 is 0 Å². The summed E-state index contributed by atoms with van der Waals surface area (Å²) in [7, 11) is 1.61. The molecule has 2 atom stereocenters. The van der Waals surface area contributed by atoms with Gasteiger partial charge in [0.15, 0.2) is 6.19 Å². The highest BCUT2D eigenvalue weighted by Crippen LogP contribution is 2.31. The summed E-state index contributed by atoms with van der Waals surface area (Å²) in [6.45, 7) is 1.46. The standard InChI is InChI=1S/C20H18N6O2/c1-28-11-17-7-16(10-25(17)12-22)26-9-14-2-3-18(24-19(14)20(26)27)13-4-5-23-15(6-13)8-21/h2-6,16-17H,7,9-11H2,1H3/t16-,17+/m1/s1. The lowest BCUT2D eigenvalue weighted by molar-refractivity contribution is 0.0705. The molecule has 1 amide bonds. The number of pyridine rings is 2. The Labute approximate surface area is 162 Å². The Morgan fingerprint density at radius 1 is 1.32 bits per heavy atom. The van der Waals surface area contributed by atoms with Crippen LogP contribution in [0.2, 0.25) is 0 Å². The fourth-order valence-corrected chi connectivity index (χ4v) is 3.89. The van der Waals surface area contributed by atoms with E-state index in [1.807, 2.05) is 18.2 Å². The minimum Gasteiger partial charge on any atom is -0.383 e. The average molecular weight is 374 g/mol. The van der Waals surface area contributed by atoms with E-state index in [-0.39, 0.29) is 18.0 Å². The highest BCUT2D eigenvalue weighted by molar-refractivity contribution is 5.97. The number of nitriles is 2. The van der Waals surface area contributed by atoms with Gasteiger partial charge < -0.3 is 14.5 Å². The summed E-state index contributed by atoms with van der Waals surface area (Å²) >= 11 is 0. The van der Waals surface area contributed by atoms with Gasteiger partial charge in [-0.2, -0.15) is 10.5 Å². The second-order valence-corrected chi connectivity index (χ2v) is 6.93. The lowest BCUT2D eigenvalue weighted by Crippen LogP contribution is -2.37. The first-order valence-corrected chi connectivity index (χ1v) is 8.97. The number of fused-ring (bicyclic) bond motifs is 1. The molecular weight excluding hydrogens is 356 g/mol. The molecule has 4 heterocycles. The molecule has 0 radical (unpaired) electrons. The molecule has 2 aliphatic rings. The Balaban J connectivity index is 1.58. The summed E-state index contributed by atoms with van der Waals surface area (Å²) < 4.78 is 5.20. The molecule has 1 saturated heterocycles. The molecule has 0 bridgehead atoms. The smallest absolute Gasteiger partial charge is 0.273 e. The van der Waals surface area contributed by atoms with Crippen molar-refractivity contribution in [1.82, 2.24) is 19.8 Å². The molecule has 2 aromatic rings. The van der Waals surface area contributed by atoms with Gasteiger partial charge in [0, 0.05) is 37.5 Å². The molecule has 0 saturated carbocycles. The maximum Gasteiger partial charge on any atom is 0.273 e. The van der Waals surface area contributed by atoms with Crippen molar-refractivity contribution in [3.05, 3.63) is 47.4 Å². The van der Waals surface area contributed by atoms with E-state index in [1.54, 1.807) is 35.2 Å². The summed E-state index contributed by atoms with van der Waals surface area (Å²) in [4.78, 5) is 25.0. The van der Waals surface area contributed by atoms with Crippen LogP contribution in [0.5, 0.6) is 0 Å². The maximum atomic E-state index is 13.0. The average Bonchev–Trinajstić information content (AvgIpc) is 3.28. The third kappa shape index (κ3) is 3.04. The quantitative estimate of drug-likeness (QED) is 0.747. The van der Waals surface area contributed by atoms with Crippen molar-refractivity contribution in [2.24, 2.45) is 0 Å². The Bertz CT molecular complexity index is 1010. The van der Waals surface area contributed by atoms with Crippen LogP contribution >= 0.6 is 0 Å². The van der Waals surface area contributed by atoms with Crippen LogP contribution in [-0.2, 0) is 11.3 Å². The predicted octanol–water partition coefficient (Wildman–Crippen LogP) is 1.54. The monoisotopic (exact) mass is 374 g/mol. The van der Waals surface area contributed by atoms with E-state index < -0.39 is 0 Å². The first-order chi connectivity index (χ1) is 13.6. The zero-order valence-electron chi connectivity index (χ0n) is 15.4. The number of rotatable bonds is 4. The molecule has 8 nitrogen and oxygen atoms in total. The summed E-state index contributed by atoms with van der Waals surface area (Å²) in [5.41, 5.74) is 3.00. The number of amides is 1. The topological polar surface area (TPSA) is 106 Å². The van der Waals surface area contributed by atoms with Crippen LogP contribution in [0.3, 0.4) is 0 Å². The van der Waals surface area contributed by atoms with E-state index in [2.05, 4.69) is 16.2 Å². The molecule has 0 aromatic carbocycles. The van der Waals surface area contributed by atoms with E-state index in [0.29, 0.717) is 43.2 Å². The van der Waals surface area contributed by atoms with Crippen LogP contribution in [0, 0.1) is 22.8 Å². The number of carbonyl (C=O) groups is 1. The van der Waals surface area contributed by atoms with Crippen LogP contribution in [0.25, 0.3) is 11.3 Å². The molecule has 0 aliphatic carbocycles. The summed E-state index contributed by atoms with van der Waals surface area (Å²) in [6, 6.07) is 9.14. The largest absolute Gasteiger partial charge is 0.383 e. The molecule has 2 aliphatic heterocycles. The second-order valence-electron chi connectivity index (χ2n) is 6.93. The number of carbonyl (C=O) groups excluding carboxylic acids is 1. The molecule has 4 rings (SSSR count). The minimum atomic E-state index is -0.118. The van der Waals surface area contributed by atoms with Gasteiger partial charge >= 0.3 is 0 Å². The zero-order valence-corrected chi connectivity index (χ0v) is 15.4. The Hall–Kier alpha value is -3.49. The molecule has 1 fully saturated rings. The van der Waals surface area contributed by atoms with Gasteiger partial charge in [-0.25, -0.2) is 9.97 Å². The fourth-order valence-electron chi connectivity index (χ4n) is 3.89. The molecule has 2 aromatic heterocycles. The second kappa shape index (κ2) is 7.26. The number of hydrogen-bond acceptors (Lipinski definition) is 7. The van der Waals surface area contributed by atoms with Crippen molar-refractivity contribution in [2.75, 3.05) is 20.3 Å². The third-order valence-corrected chi connectivity index (χ3v) is 5.27. The van der Waals surface area contributed by atoms with E-state index in [4.69, 9.17) is 10.00 Å². The van der Waals surface area contributed by atoms with Crippen LogP contribution in [0.1, 0.15) is 28.2 Å². The Morgan fingerprint density at radius 3 is 2.93 bits per heavy atom. The van der Waals surface area contributed by atoms with E-state index in [9.17, 15) is 10.1 Å². The number of ether oxygens (including phenoxy) is 1. The molecule has 0 N–H and O–H groups in total. The normalized spacial score (nSPS) is 20.8. The predicted molar refractivity (Wildman–Crippen MR) is 98.4 cm³/mol. The highest BCUT2D eigenvalue weighted by atomic mass is 16.5. The first kappa shape index (κ1) is 17.9. The van der Waals surface area contributed by atoms with Gasteiger partial charge in [0.05, 0.1) is 24.4 Å². The van der Waals surface area contributed by atoms with Gasteiger partial charge in [0.25, 0.3) is 5.91 Å². The first-order valence-electron chi connectivity index (χ1n) is 8.97. The van der Waals surface area contributed by atoms with Gasteiger partial charge in [-0.15, -0.1) is 0 Å². The summed E-state index contributed by atoms with van der Waals surface area (Å²) in [6.07, 6.45) is 4.45. The number of nitrogens with zero attached hydrogens (tertiary/aromatic N) is 6. The number of methoxy groups -OCH3 is 1. The Morgan fingerprint density at radius 2 is 2.18 bits per heavy atom. The van der Waals surface area contributed by atoms with Crippen molar-refractivity contribution in [3.63, 3.8) is 0 Å². The molecule has 28 heavy (non-hydrogen) atoms. The summed E-state index contributed by atoms with van der Waals surface area (Å²) in [5, 5.41) is 18.4. The van der Waals surface area contributed by atoms with Gasteiger partial charge in [-0.1, -0.05) is 6.07 Å². The lowest BCUT2D eigenvalue weighted by Gasteiger charge is -2.22. The summed E-state index contributed by atoms with van der Waals surface area (Å²) in [5.74, 6) is -0.118. The van der Waals surface area contributed by atoms with E-state index in [0.717, 1.165) is 11.1 Å². The van der Waals surface area contributed by atoms with Gasteiger partial charge in [0.2, 0.25) is 0 Å². The van der Waals surface area contributed by atoms with Crippen LogP contribution in [-0.4, -0.2) is 58.0 Å². The Kier molecular flexibility index (Phi) is 4.64. The number of aromatic nitrogens is 2. The maximum absolute atomic E-state index is 13.0. The minimum absolute atomic E-state index is 0.0127. The highest BCUT2D eigenvalue weighted by Gasteiger charge is 2.41. The van der Waals surface area contributed by atoms with Gasteiger partial charge in [-0.05, 0) is 24.6 Å². The number of hydrogen-bond donors (Lipinski definition) is 0. The molecule has 0 unspecified atom stereocenters. The van der Waals surface area contributed by atoms with Crippen LogP contribution in [0.4, 0.5) is 0 Å². The van der Waals surface area contributed by atoms with Crippen molar-refractivity contribution < 1.29 is 9.53 Å². The SMILES string of the molecule is COC[C@@H]1C[C@@H](N2Cc3ccc(-c4ccnc(C#N)c4)nc3C2=O)CN1C#N. The van der Waals surface area contributed by atoms with Gasteiger partial charge in [-0.3, -0.25) is 4.79 Å². The van der Waals surface area contributed by atoms with Crippen molar-refractivity contribution in [2.45, 2.75) is 25.0 Å². The van der Waals surface area contributed by atoms with Crippen molar-refractivity contribution in [3.8, 4) is 23.5 Å². The number of likely N-dealkylation sites (tertiary alicyclic amines) is 1. The van der Waals surface area contributed by atoms with Crippen LogP contribution in [0.15, 0.2) is 30.5 Å². The lowest BCUT2D eigenvalue weighted by atomic mass is 10.1.